The SMILES string of the molecule is CCCCCCC(=O)Nc1sc2c(c1C(N)=O)CC[C@@H](C(C)(C)CC)C2. The Kier molecular flexibility index (Phi) is 7.27. The molecule has 0 radical (unpaired) electrons. The number of anilines is 1. The number of primary amides is 1. The molecule has 3 N–H and O–H groups in total. The zero-order chi connectivity index (χ0) is 19.3. The maximum atomic E-state index is 12.3. The van der Waals surface area contributed by atoms with Crippen LogP contribution in [0.15, 0.2) is 0 Å². The van der Waals surface area contributed by atoms with Crippen LogP contribution in [0.2, 0.25) is 0 Å². The second-order valence-corrected chi connectivity index (χ2v) is 9.32. The van der Waals surface area contributed by atoms with E-state index < -0.39 is 5.91 Å². The van der Waals surface area contributed by atoms with Gasteiger partial charge in [-0.25, -0.2) is 0 Å². The van der Waals surface area contributed by atoms with Crippen LogP contribution in [0.25, 0.3) is 0 Å². The molecule has 0 unspecified atom stereocenters. The number of nitrogens with two attached hydrogens (primary N) is 1. The van der Waals surface area contributed by atoms with Crippen LogP contribution < -0.4 is 11.1 Å². The molecule has 1 aromatic rings. The van der Waals surface area contributed by atoms with Crippen molar-refractivity contribution in [3.63, 3.8) is 0 Å². The van der Waals surface area contributed by atoms with Gasteiger partial charge in [0, 0.05) is 11.3 Å². The highest BCUT2D eigenvalue weighted by molar-refractivity contribution is 7.17. The van der Waals surface area contributed by atoms with Gasteiger partial charge in [0.2, 0.25) is 5.91 Å². The predicted molar refractivity (Wildman–Crippen MR) is 110 cm³/mol. The number of carbonyl (C=O) groups is 2. The Balaban J connectivity index is 2.14. The van der Waals surface area contributed by atoms with Crippen molar-refractivity contribution in [2.45, 2.75) is 85.5 Å². The van der Waals surface area contributed by atoms with Gasteiger partial charge in [0.05, 0.1) is 5.56 Å². The van der Waals surface area contributed by atoms with Crippen LogP contribution in [-0.4, -0.2) is 11.8 Å². The van der Waals surface area contributed by atoms with Crippen molar-refractivity contribution in [3.05, 3.63) is 16.0 Å². The van der Waals surface area contributed by atoms with Crippen LogP contribution in [0.5, 0.6) is 0 Å². The first-order valence-corrected chi connectivity index (χ1v) is 10.9. The van der Waals surface area contributed by atoms with E-state index >= 15 is 0 Å². The molecule has 1 heterocycles. The maximum Gasteiger partial charge on any atom is 0.251 e. The second-order valence-electron chi connectivity index (χ2n) is 8.21. The molecule has 4 nitrogen and oxygen atoms in total. The molecule has 0 aromatic carbocycles. The average Bonchev–Trinajstić information content (AvgIpc) is 2.95. The third kappa shape index (κ3) is 4.87. The lowest BCUT2D eigenvalue weighted by atomic mass is 9.69. The van der Waals surface area contributed by atoms with E-state index in [1.165, 1.54) is 4.88 Å². The van der Waals surface area contributed by atoms with Crippen LogP contribution in [0, 0.1) is 11.3 Å². The number of hydrogen-bond acceptors (Lipinski definition) is 3. The number of amides is 2. The molecule has 0 fully saturated rings. The fraction of sp³-hybridized carbons (Fsp3) is 0.714. The summed E-state index contributed by atoms with van der Waals surface area (Å²) >= 11 is 1.56. The Morgan fingerprint density at radius 2 is 1.96 bits per heavy atom. The van der Waals surface area contributed by atoms with Gasteiger partial charge in [0.1, 0.15) is 5.00 Å². The highest BCUT2D eigenvalue weighted by Gasteiger charge is 2.34. The molecule has 1 atom stereocenters. The lowest BCUT2D eigenvalue weighted by molar-refractivity contribution is -0.116. The summed E-state index contributed by atoms with van der Waals surface area (Å²) in [7, 11) is 0. The first-order chi connectivity index (χ1) is 12.3. The molecule has 0 saturated heterocycles. The summed E-state index contributed by atoms with van der Waals surface area (Å²) < 4.78 is 0. The first-order valence-electron chi connectivity index (χ1n) is 10.0. The van der Waals surface area contributed by atoms with Crippen molar-refractivity contribution < 1.29 is 9.59 Å². The van der Waals surface area contributed by atoms with Gasteiger partial charge in [-0.3, -0.25) is 9.59 Å². The fourth-order valence-electron chi connectivity index (χ4n) is 3.79. The summed E-state index contributed by atoms with van der Waals surface area (Å²) in [5, 5.41) is 3.64. The van der Waals surface area contributed by atoms with Crippen LogP contribution in [0.4, 0.5) is 5.00 Å². The van der Waals surface area contributed by atoms with Crippen molar-refractivity contribution in [1.82, 2.24) is 0 Å². The fourth-order valence-corrected chi connectivity index (χ4v) is 5.14. The zero-order valence-electron chi connectivity index (χ0n) is 16.7. The minimum atomic E-state index is -0.419. The number of thiophene rings is 1. The van der Waals surface area contributed by atoms with Gasteiger partial charge in [0.25, 0.3) is 5.91 Å². The molecule has 5 heteroatoms. The van der Waals surface area contributed by atoms with E-state index in [1.54, 1.807) is 11.3 Å². The number of rotatable bonds is 9. The molecule has 0 aliphatic heterocycles. The zero-order valence-corrected chi connectivity index (χ0v) is 17.6. The van der Waals surface area contributed by atoms with Crippen molar-refractivity contribution in [2.75, 3.05) is 5.32 Å². The minimum Gasteiger partial charge on any atom is -0.365 e. The lowest BCUT2D eigenvalue weighted by Gasteiger charge is -2.36. The standard InChI is InChI=1S/C21H34N2O2S/c1-5-7-8-9-10-17(24)23-20-18(19(22)25)15-12-11-14(13-16(15)26-20)21(3,4)6-2/h14H,5-13H2,1-4H3,(H2,22,25)(H,23,24)/t14-/m1/s1. The summed E-state index contributed by atoms with van der Waals surface area (Å²) in [5.41, 5.74) is 7.58. The Bertz CT molecular complexity index is 649. The largest absolute Gasteiger partial charge is 0.365 e. The molecule has 146 valence electrons. The molecular weight excluding hydrogens is 344 g/mol. The average molecular weight is 379 g/mol. The van der Waals surface area contributed by atoms with Crippen molar-refractivity contribution in [2.24, 2.45) is 17.1 Å². The third-order valence-corrected chi connectivity index (χ3v) is 7.21. The topological polar surface area (TPSA) is 72.2 Å². The maximum absolute atomic E-state index is 12.3. The number of unbranched alkanes of at least 4 members (excludes halogenated alkanes) is 3. The predicted octanol–water partition coefficient (Wildman–Crippen LogP) is 5.30. The molecule has 2 amide bonds. The molecule has 1 aromatic heterocycles. The Hall–Kier alpha value is -1.36. The van der Waals surface area contributed by atoms with E-state index in [-0.39, 0.29) is 11.3 Å². The van der Waals surface area contributed by atoms with Gasteiger partial charge in [-0.1, -0.05) is 53.4 Å². The minimum absolute atomic E-state index is 0.00682. The molecule has 2 rings (SSSR count). The van der Waals surface area contributed by atoms with Gasteiger partial charge in [-0.2, -0.15) is 0 Å². The van der Waals surface area contributed by atoms with Crippen molar-refractivity contribution in [1.29, 1.82) is 0 Å². The monoisotopic (exact) mass is 378 g/mol. The molecule has 0 spiro atoms. The smallest absolute Gasteiger partial charge is 0.251 e. The van der Waals surface area contributed by atoms with Gasteiger partial charge < -0.3 is 11.1 Å². The van der Waals surface area contributed by atoms with Crippen LogP contribution in [0.1, 0.15) is 93.4 Å². The van der Waals surface area contributed by atoms with E-state index in [1.807, 2.05) is 0 Å². The van der Waals surface area contributed by atoms with E-state index in [9.17, 15) is 9.59 Å². The number of carbonyl (C=O) groups excluding carboxylic acids is 2. The second kappa shape index (κ2) is 9.03. The molecule has 1 aliphatic rings. The van der Waals surface area contributed by atoms with E-state index in [0.717, 1.165) is 56.9 Å². The van der Waals surface area contributed by atoms with Crippen molar-refractivity contribution >= 4 is 28.2 Å². The molecule has 26 heavy (non-hydrogen) atoms. The van der Waals surface area contributed by atoms with E-state index in [2.05, 4.69) is 33.0 Å². The third-order valence-electron chi connectivity index (χ3n) is 6.04. The summed E-state index contributed by atoms with van der Waals surface area (Å²) in [4.78, 5) is 25.6. The summed E-state index contributed by atoms with van der Waals surface area (Å²) in [6.07, 6.45) is 8.86. The van der Waals surface area contributed by atoms with Gasteiger partial charge in [-0.05, 0) is 42.6 Å². The van der Waals surface area contributed by atoms with Gasteiger partial charge in [-0.15, -0.1) is 11.3 Å². The first kappa shape index (κ1) is 20.9. The Morgan fingerprint density at radius 1 is 1.23 bits per heavy atom. The van der Waals surface area contributed by atoms with E-state index in [0.29, 0.717) is 22.9 Å². The summed E-state index contributed by atoms with van der Waals surface area (Å²) in [6, 6.07) is 0. The lowest BCUT2D eigenvalue weighted by Crippen LogP contribution is -2.29. The molecular formula is C21H34N2O2S. The van der Waals surface area contributed by atoms with Gasteiger partial charge >= 0.3 is 0 Å². The van der Waals surface area contributed by atoms with Crippen molar-refractivity contribution in [3.8, 4) is 0 Å². The van der Waals surface area contributed by atoms with Crippen LogP contribution in [-0.2, 0) is 17.6 Å². The number of fused-ring (bicyclic) bond motifs is 1. The molecule has 0 bridgehead atoms. The normalized spacial score (nSPS) is 17.0. The quantitative estimate of drug-likeness (QED) is 0.573. The Morgan fingerprint density at radius 3 is 2.58 bits per heavy atom. The molecule has 0 saturated carbocycles. The van der Waals surface area contributed by atoms with Crippen LogP contribution in [0.3, 0.4) is 0 Å². The summed E-state index contributed by atoms with van der Waals surface area (Å²) in [5.74, 6) is 0.182. The molecule has 1 aliphatic carbocycles. The van der Waals surface area contributed by atoms with Crippen LogP contribution >= 0.6 is 11.3 Å². The highest BCUT2D eigenvalue weighted by atomic mass is 32.1. The highest BCUT2D eigenvalue weighted by Crippen LogP contribution is 2.45. The van der Waals surface area contributed by atoms with E-state index in [4.69, 9.17) is 5.73 Å². The number of hydrogen-bond donors (Lipinski definition) is 2. The number of nitrogens with one attached hydrogen (secondary N) is 1. The summed E-state index contributed by atoms with van der Waals surface area (Å²) in [6.45, 7) is 9.04. The van der Waals surface area contributed by atoms with Gasteiger partial charge in [0.15, 0.2) is 0 Å². The Labute approximate surface area is 161 Å².